The molecule has 3 N–H and O–H groups in total. The van der Waals surface area contributed by atoms with Gasteiger partial charge in [-0.05, 0) is 17.7 Å². The zero-order chi connectivity index (χ0) is 14.4. The molecule has 0 aliphatic rings. The standard InChI is InChI=1S/C15H14N2O3/c18-13-7-6-12(14(19)9-13)10-16-17-15(20)8-11-4-2-1-3-5-11/h1-7,9-10,18-19H,8H2,(H,17,20)/b16-10+. The molecule has 0 atom stereocenters. The van der Waals surface area contributed by atoms with Gasteiger partial charge in [0.05, 0.1) is 12.6 Å². The number of hydrazone groups is 1. The number of phenols is 2. The minimum atomic E-state index is -0.245. The van der Waals surface area contributed by atoms with Crippen molar-refractivity contribution in [3.63, 3.8) is 0 Å². The number of amides is 1. The molecule has 102 valence electrons. The highest BCUT2D eigenvalue weighted by atomic mass is 16.3. The average Bonchev–Trinajstić information content (AvgIpc) is 2.42. The molecule has 0 saturated heterocycles. The van der Waals surface area contributed by atoms with Gasteiger partial charge in [0, 0.05) is 11.6 Å². The Morgan fingerprint density at radius 1 is 1.15 bits per heavy atom. The van der Waals surface area contributed by atoms with Gasteiger partial charge >= 0.3 is 0 Å². The lowest BCUT2D eigenvalue weighted by molar-refractivity contribution is -0.120. The highest BCUT2D eigenvalue weighted by molar-refractivity contribution is 5.85. The lowest BCUT2D eigenvalue weighted by Crippen LogP contribution is -2.19. The lowest BCUT2D eigenvalue weighted by atomic mass is 10.1. The Morgan fingerprint density at radius 2 is 1.90 bits per heavy atom. The Balaban J connectivity index is 1.91. The molecule has 0 radical (unpaired) electrons. The van der Waals surface area contributed by atoms with Gasteiger partial charge in [-0.15, -0.1) is 0 Å². The van der Waals surface area contributed by atoms with Crippen LogP contribution in [0.3, 0.4) is 0 Å². The van der Waals surface area contributed by atoms with Crippen molar-refractivity contribution in [2.75, 3.05) is 0 Å². The van der Waals surface area contributed by atoms with Crippen molar-refractivity contribution in [1.29, 1.82) is 0 Å². The third-order valence-corrected chi connectivity index (χ3v) is 2.61. The van der Waals surface area contributed by atoms with Crippen LogP contribution in [0.5, 0.6) is 11.5 Å². The van der Waals surface area contributed by atoms with Crippen LogP contribution in [0.1, 0.15) is 11.1 Å². The SMILES string of the molecule is O=C(Cc1ccccc1)N/N=C/c1ccc(O)cc1O. The van der Waals surface area contributed by atoms with Crippen molar-refractivity contribution in [1.82, 2.24) is 5.43 Å². The molecule has 0 aliphatic heterocycles. The van der Waals surface area contributed by atoms with Crippen LogP contribution in [0.15, 0.2) is 53.6 Å². The van der Waals surface area contributed by atoms with Crippen molar-refractivity contribution in [2.45, 2.75) is 6.42 Å². The first-order chi connectivity index (χ1) is 9.65. The lowest BCUT2D eigenvalue weighted by Gasteiger charge is -2.01. The molecule has 20 heavy (non-hydrogen) atoms. The number of aromatic hydroxyl groups is 2. The van der Waals surface area contributed by atoms with E-state index in [9.17, 15) is 9.90 Å². The second-order valence-corrected chi connectivity index (χ2v) is 4.20. The molecule has 0 heterocycles. The summed E-state index contributed by atoms with van der Waals surface area (Å²) in [7, 11) is 0. The van der Waals surface area contributed by atoms with Gasteiger partial charge in [0.1, 0.15) is 11.5 Å². The number of nitrogens with zero attached hydrogens (tertiary/aromatic N) is 1. The van der Waals surface area contributed by atoms with Crippen molar-refractivity contribution < 1.29 is 15.0 Å². The Hall–Kier alpha value is -2.82. The molecule has 2 aromatic rings. The highest BCUT2D eigenvalue weighted by Crippen LogP contribution is 2.20. The average molecular weight is 270 g/mol. The van der Waals surface area contributed by atoms with E-state index in [-0.39, 0.29) is 23.8 Å². The molecule has 2 rings (SSSR count). The van der Waals surface area contributed by atoms with Gasteiger partial charge in [-0.3, -0.25) is 4.79 Å². The predicted molar refractivity (Wildman–Crippen MR) is 75.7 cm³/mol. The molecular formula is C15H14N2O3. The Kier molecular flexibility index (Phi) is 4.34. The Labute approximate surface area is 116 Å². The van der Waals surface area contributed by atoms with E-state index in [2.05, 4.69) is 10.5 Å². The van der Waals surface area contributed by atoms with Crippen molar-refractivity contribution >= 4 is 12.1 Å². The molecule has 0 saturated carbocycles. The molecule has 0 aliphatic carbocycles. The monoisotopic (exact) mass is 270 g/mol. The fraction of sp³-hybridized carbons (Fsp3) is 0.0667. The van der Waals surface area contributed by atoms with Gasteiger partial charge in [-0.1, -0.05) is 30.3 Å². The minimum absolute atomic E-state index is 0.0345. The van der Waals surface area contributed by atoms with Crippen LogP contribution in [0.2, 0.25) is 0 Å². The van der Waals surface area contributed by atoms with Crippen LogP contribution in [0.25, 0.3) is 0 Å². The second kappa shape index (κ2) is 6.38. The van der Waals surface area contributed by atoms with E-state index in [1.165, 1.54) is 24.4 Å². The summed E-state index contributed by atoms with van der Waals surface area (Å²) in [6.45, 7) is 0. The van der Waals surface area contributed by atoms with Crippen LogP contribution in [-0.2, 0) is 11.2 Å². The van der Waals surface area contributed by atoms with Gasteiger partial charge < -0.3 is 10.2 Å². The summed E-state index contributed by atoms with van der Waals surface area (Å²) in [5.41, 5.74) is 3.68. The molecule has 0 spiro atoms. The fourth-order valence-electron chi connectivity index (χ4n) is 1.64. The molecule has 5 nitrogen and oxygen atoms in total. The number of carbonyl (C=O) groups is 1. The van der Waals surface area contributed by atoms with E-state index in [1.807, 2.05) is 30.3 Å². The van der Waals surface area contributed by atoms with E-state index in [1.54, 1.807) is 0 Å². The summed E-state index contributed by atoms with van der Waals surface area (Å²) in [4.78, 5) is 11.6. The smallest absolute Gasteiger partial charge is 0.244 e. The summed E-state index contributed by atoms with van der Waals surface area (Å²) in [5, 5.41) is 22.4. The predicted octanol–water partition coefficient (Wildman–Crippen LogP) is 1.79. The van der Waals surface area contributed by atoms with Crippen molar-refractivity contribution in [2.24, 2.45) is 5.10 Å². The van der Waals surface area contributed by atoms with E-state index in [4.69, 9.17) is 5.11 Å². The molecule has 0 aromatic heterocycles. The van der Waals surface area contributed by atoms with E-state index < -0.39 is 0 Å². The van der Waals surface area contributed by atoms with Gasteiger partial charge in [0.2, 0.25) is 5.91 Å². The van der Waals surface area contributed by atoms with Gasteiger partial charge in [0.15, 0.2) is 0 Å². The molecule has 5 heteroatoms. The number of hydrogen-bond acceptors (Lipinski definition) is 4. The molecule has 1 amide bonds. The van der Waals surface area contributed by atoms with E-state index in [0.717, 1.165) is 5.56 Å². The number of benzene rings is 2. The summed E-state index contributed by atoms with van der Waals surface area (Å²) in [6, 6.07) is 13.4. The molecule has 0 unspecified atom stereocenters. The van der Waals surface area contributed by atoms with Crippen molar-refractivity contribution in [3.05, 3.63) is 59.7 Å². The maximum Gasteiger partial charge on any atom is 0.244 e. The second-order valence-electron chi connectivity index (χ2n) is 4.20. The summed E-state index contributed by atoms with van der Waals surface area (Å²) >= 11 is 0. The normalized spacial score (nSPS) is 10.6. The van der Waals surface area contributed by atoms with Crippen molar-refractivity contribution in [3.8, 4) is 11.5 Å². The van der Waals surface area contributed by atoms with Gasteiger partial charge in [0.25, 0.3) is 0 Å². The zero-order valence-corrected chi connectivity index (χ0v) is 10.7. The molecule has 0 fully saturated rings. The summed E-state index contributed by atoms with van der Waals surface area (Å²) < 4.78 is 0. The summed E-state index contributed by atoms with van der Waals surface area (Å²) in [6.07, 6.45) is 1.55. The highest BCUT2D eigenvalue weighted by Gasteiger charge is 2.02. The maximum absolute atomic E-state index is 11.6. The van der Waals surface area contributed by atoms with E-state index >= 15 is 0 Å². The van der Waals surface area contributed by atoms with Crippen LogP contribution in [-0.4, -0.2) is 22.3 Å². The minimum Gasteiger partial charge on any atom is -0.508 e. The first-order valence-electron chi connectivity index (χ1n) is 6.03. The largest absolute Gasteiger partial charge is 0.508 e. The number of nitrogens with one attached hydrogen (secondary N) is 1. The zero-order valence-electron chi connectivity index (χ0n) is 10.7. The Morgan fingerprint density at radius 3 is 2.60 bits per heavy atom. The summed E-state index contributed by atoms with van der Waals surface area (Å²) in [5.74, 6) is -0.385. The molecule has 0 bridgehead atoms. The third-order valence-electron chi connectivity index (χ3n) is 2.61. The van der Waals surface area contributed by atoms with Crippen LogP contribution in [0.4, 0.5) is 0 Å². The number of carbonyl (C=O) groups excluding carboxylic acids is 1. The first-order valence-corrected chi connectivity index (χ1v) is 6.03. The number of rotatable bonds is 4. The van der Waals surface area contributed by atoms with Crippen LogP contribution < -0.4 is 5.43 Å². The van der Waals surface area contributed by atoms with E-state index in [0.29, 0.717) is 5.56 Å². The van der Waals surface area contributed by atoms with Gasteiger partial charge in [-0.25, -0.2) is 5.43 Å². The van der Waals surface area contributed by atoms with Crippen LogP contribution >= 0.6 is 0 Å². The van der Waals surface area contributed by atoms with Gasteiger partial charge in [-0.2, -0.15) is 5.10 Å². The fourth-order valence-corrected chi connectivity index (χ4v) is 1.64. The molecular weight excluding hydrogens is 256 g/mol. The number of hydrogen-bond donors (Lipinski definition) is 3. The maximum atomic E-state index is 11.6. The first kappa shape index (κ1) is 13.6. The quantitative estimate of drug-likeness (QED) is 0.585. The topological polar surface area (TPSA) is 81.9 Å². The van der Waals surface area contributed by atoms with Crippen LogP contribution in [0, 0.1) is 0 Å². The molecule has 2 aromatic carbocycles. The Bertz CT molecular complexity index is 624. The number of phenolic OH excluding ortho intramolecular Hbond substituents is 2. The third kappa shape index (κ3) is 3.84.